The van der Waals surface area contributed by atoms with Gasteiger partial charge in [0.2, 0.25) is 0 Å². The summed E-state index contributed by atoms with van der Waals surface area (Å²) in [4.78, 5) is 12.1. The Kier molecular flexibility index (Phi) is 4.33. The van der Waals surface area contributed by atoms with Gasteiger partial charge in [-0.1, -0.05) is 0 Å². The number of carbonyl (C=O) groups is 1. The highest BCUT2D eigenvalue weighted by atomic mass is 19.1. The van der Waals surface area contributed by atoms with Gasteiger partial charge in [-0.15, -0.1) is 0 Å². The Labute approximate surface area is 107 Å². The lowest BCUT2D eigenvalue weighted by Crippen LogP contribution is -2.41. The van der Waals surface area contributed by atoms with Crippen molar-refractivity contribution in [1.82, 2.24) is 5.32 Å². The summed E-state index contributed by atoms with van der Waals surface area (Å²) in [6, 6.07) is 4.80. The number of benzene rings is 1. The first-order valence-electron chi connectivity index (χ1n) is 5.89. The van der Waals surface area contributed by atoms with E-state index in [4.69, 9.17) is 4.74 Å². The summed E-state index contributed by atoms with van der Waals surface area (Å²) in [5.41, 5.74) is 0.338. The summed E-state index contributed by atoms with van der Waals surface area (Å²) < 4.78 is 18.6. The SMILES string of the molecule is COc1ccc(C(=O)NC(C)(C)C)c([C@H](C)F)c1. The highest BCUT2D eigenvalue weighted by Crippen LogP contribution is 2.26. The molecule has 0 saturated carbocycles. The van der Waals surface area contributed by atoms with Crippen LogP contribution in [0.1, 0.15) is 49.8 Å². The quantitative estimate of drug-likeness (QED) is 0.898. The van der Waals surface area contributed by atoms with Gasteiger partial charge < -0.3 is 10.1 Å². The minimum atomic E-state index is -1.22. The number of carbonyl (C=O) groups excluding carboxylic acids is 1. The van der Waals surface area contributed by atoms with Crippen molar-refractivity contribution in [2.75, 3.05) is 7.11 Å². The summed E-state index contributed by atoms with van der Waals surface area (Å²) in [5.74, 6) is 0.270. The van der Waals surface area contributed by atoms with Crippen LogP contribution >= 0.6 is 0 Å². The number of rotatable bonds is 3. The molecule has 3 nitrogen and oxygen atoms in total. The Morgan fingerprint density at radius 1 is 1.39 bits per heavy atom. The molecule has 100 valence electrons. The fourth-order valence-electron chi connectivity index (χ4n) is 1.61. The average Bonchev–Trinajstić information content (AvgIpc) is 2.25. The average molecular weight is 253 g/mol. The van der Waals surface area contributed by atoms with Crippen molar-refractivity contribution in [3.05, 3.63) is 29.3 Å². The molecule has 1 amide bonds. The number of ether oxygens (including phenoxy) is 1. The molecule has 1 aromatic rings. The lowest BCUT2D eigenvalue weighted by atomic mass is 10.0. The van der Waals surface area contributed by atoms with Gasteiger partial charge in [-0.3, -0.25) is 4.79 Å². The van der Waals surface area contributed by atoms with Gasteiger partial charge in [-0.2, -0.15) is 0 Å². The van der Waals surface area contributed by atoms with Gasteiger partial charge in [0.05, 0.1) is 7.11 Å². The molecule has 1 rings (SSSR count). The van der Waals surface area contributed by atoms with Crippen LogP contribution in [-0.2, 0) is 0 Å². The predicted molar refractivity (Wildman–Crippen MR) is 69.7 cm³/mol. The van der Waals surface area contributed by atoms with Crippen molar-refractivity contribution in [3.8, 4) is 5.75 Å². The van der Waals surface area contributed by atoms with Gasteiger partial charge in [0, 0.05) is 16.7 Å². The molecule has 0 heterocycles. The van der Waals surface area contributed by atoms with Crippen LogP contribution in [0.15, 0.2) is 18.2 Å². The third-order valence-electron chi connectivity index (χ3n) is 2.42. The van der Waals surface area contributed by atoms with E-state index in [2.05, 4.69) is 5.32 Å². The molecule has 1 atom stereocenters. The second-order valence-corrected chi connectivity index (χ2v) is 5.27. The zero-order valence-electron chi connectivity index (χ0n) is 11.5. The fraction of sp³-hybridized carbons (Fsp3) is 0.500. The number of nitrogens with one attached hydrogen (secondary N) is 1. The van der Waals surface area contributed by atoms with E-state index in [1.807, 2.05) is 20.8 Å². The molecular formula is C14H20FNO2. The van der Waals surface area contributed by atoms with Gasteiger partial charge in [0.25, 0.3) is 5.91 Å². The minimum Gasteiger partial charge on any atom is -0.497 e. The molecule has 4 heteroatoms. The van der Waals surface area contributed by atoms with Gasteiger partial charge in [0.1, 0.15) is 11.9 Å². The molecule has 1 N–H and O–H groups in total. The standard InChI is InChI=1S/C14H20FNO2/c1-9(15)12-8-10(18-5)6-7-11(12)13(17)16-14(2,3)4/h6-9H,1-5H3,(H,16,17)/t9-/m0/s1. The van der Waals surface area contributed by atoms with Crippen molar-refractivity contribution in [2.24, 2.45) is 0 Å². The smallest absolute Gasteiger partial charge is 0.252 e. The number of hydrogen-bond acceptors (Lipinski definition) is 2. The third-order valence-corrected chi connectivity index (χ3v) is 2.42. The predicted octanol–water partition coefficient (Wildman–Crippen LogP) is 3.25. The van der Waals surface area contributed by atoms with E-state index in [1.165, 1.54) is 14.0 Å². The normalized spacial score (nSPS) is 13.0. The molecule has 0 aliphatic heterocycles. The van der Waals surface area contributed by atoms with Gasteiger partial charge in [-0.25, -0.2) is 4.39 Å². The fourth-order valence-corrected chi connectivity index (χ4v) is 1.61. The molecule has 0 bridgehead atoms. The Morgan fingerprint density at radius 3 is 2.44 bits per heavy atom. The Balaban J connectivity index is 3.12. The Morgan fingerprint density at radius 2 is 2.00 bits per heavy atom. The summed E-state index contributed by atoms with van der Waals surface area (Å²) in [7, 11) is 1.51. The lowest BCUT2D eigenvalue weighted by molar-refractivity contribution is 0.0916. The van der Waals surface area contributed by atoms with E-state index in [0.717, 1.165) is 0 Å². The Bertz CT molecular complexity index is 436. The molecular weight excluding hydrogens is 233 g/mol. The molecule has 0 unspecified atom stereocenters. The lowest BCUT2D eigenvalue weighted by Gasteiger charge is -2.22. The van der Waals surface area contributed by atoms with E-state index in [0.29, 0.717) is 16.9 Å². The third kappa shape index (κ3) is 3.72. The first-order chi connectivity index (χ1) is 8.24. The molecule has 0 aliphatic carbocycles. The van der Waals surface area contributed by atoms with Gasteiger partial charge >= 0.3 is 0 Å². The van der Waals surface area contributed by atoms with Crippen molar-refractivity contribution in [3.63, 3.8) is 0 Å². The van der Waals surface area contributed by atoms with Gasteiger partial charge in [-0.05, 0) is 45.9 Å². The number of amides is 1. The van der Waals surface area contributed by atoms with E-state index < -0.39 is 6.17 Å². The second-order valence-electron chi connectivity index (χ2n) is 5.27. The van der Waals surface area contributed by atoms with Crippen LogP contribution in [0.3, 0.4) is 0 Å². The topological polar surface area (TPSA) is 38.3 Å². The second kappa shape index (κ2) is 5.38. The summed E-state index contributed by atoms with van der Waals surface area (Å²) in [6.07, 6.45) is -1.22. The number of hydrogen-bond donors (Lipinski definition) is 1. The van der Waals surface area contributed by atoms with Crippen LogP contribution < -0.4 is 10.1 Å². The monoisotopic (exact) mass is 253 g/mol. The molecule has 0 aromatic heterocycles. The molecule has 0 aliphatic rings. The van der Waals surface area contributed by atoms with Crippen LogP contribution in [0.5, 0.6) is 5.75 Å². The molecule has 0 saturated heterocycles. The maximum Gasteiger partial charge on any atom is 0.252 e. The molecule has 0 fully saturated rings. The van der Waals surface area contributed by atoms with Crippen molar-refractivity contribution < 1.29 is 13.9 Å². The van der Waals surface area contributed by atoms with E-state index in [9.17, 15) is 9.18 Å². The highest BCUT2D eigenvalue weighted by molar-refractivity contribution is 5.96. The van der Waals surface area contributed by atoms with Crippen LogP contribution in [-0.4, -0.2) is 18.6 Å². The number of alkyl halides is 1. The summed E-state index contributed by atoms with van der Waals surface area (Å²) in [6.45, 7) is 7.05. The van der Waals surface area contributed by atoms with Crippen LogP contribution in [0.25, 0.3) is 0 Å². The number of halogens is 1. The minimum absolute atomic E-state index is 0.273. The number of methoxy groups -OCH3 is 1. The van der Waals surface area contributed by atoms with E-state index in [1.54, 1.807) is 18.2 Å². The molecule has 0 radical (unpaired) electrons. The highest BCUT2D eigenvalue weighted by Gasteiger charge is 2.20. The first kappa shape index (κ1) is 14.5. The maximum absolute atomic E-state index is 13.6. The van der Waals surface area contributed by atoms with Crippen molar-refractivity contribution in [2.45, 2.75) is 39.4 Å². The summed E-state index contributed by atoms with van der Waals surface area (Å²) in [5, 5.41) is 2.82. The largest absolute Gasteiger partial charge is 0.497 e. The zero-order chi connectivity index (χ0) is 13.9. The van der Waals surface area contributed by atoms with Crippen LogP contribution in [0.4, 0.5) is 4.39 Å². The Hall–Kier alpha value is -1.58. The zero-order valence-corrected chi connectivity index (χ0v) is 11.5. The molecule has 18 heavy (non-hydrogen) atoms. The van der Waals surface area contributed by atoms with E-state index in [-0.39, 0.29) is 11.4 Å². The van der Waals surface area contributed by atoms with Crippen LogP contribution in [0, 0.1) is 0 Å². The summed E-state index contributed by atoms with van der Waals surface area (Å²) >= 11 is 0. The van der Waals surface area contributed by atoms with Gasteiger partial charge in [0.15, 0.2) is 0 Å². The van der Waals surface area contributed by atoms with Crippen LogP contribution in [0.2, 0.25) is 0 Å². The first-order valence-corrected chi connectivity index (χ1v) is 5.89. The molecule has 1 aromatic carbocycles. The van der Waals surface area contributed by atoms with E-state index >= 15 is 0 Å². The van der Waals surface area contributed by atoms with Crippen molar-refractivity contribution >= 4 is 5.91 Å². The molecule has 0 spiro atoms. The van der Waals surface area contributed by atoms with Crippen molar-refractivity contribution in [1.29, 1.82) is 0 Å². The maximum atomic E-state index is 13.6.